The normalized spacial score (nSPS) is 25.3. The van der Waals surface area contributed by atoms with Crippen molar-refractivity contribution in [3.05, 3.63) is 88.4 Å². The van der Waals surface area contributed by atoms with Gasteiger partial charge in [0.15, 0.2) is 12.5 Å². The fraction of sp³-hybridized carbons (Fsp3) is 0.357. The Kier molecular flexibility index (Phi) is 7.65. The first kappa shape index (κ1) is 26.9. The second-order valence-electron chi connectivity index (χ2n) is 9.86. The number of ether oxygens (including phenoxy) is 4. The largest absolute Gasteiger partial charge is 0.478 e. The zero-order chi connectivity index (χ0) is 28.3. The predicted octanol–water partition coefficient (Wildman–Crippen LogP) is 2.76. The molecule has 5 atom stereocenters. The Bertz CT molecular complexity index is 1480. The van der Waals surface area contributed by atoms with Crippen LogP contribution in [-0.2, 0) is 25.6 Å². The van der Waals surface area contributed by atoms with Crippen LogP contribution in [0.4, 0.5) is 10.6 Å². The fourth-order valence-electron chi connectivity index (χ4n) is 4.71. The van der Waals surface area contributed by atoms with Crippen molar-refractivity contribution in [2.24, 2.45) is 0 Å². The summed E-state index contributed by atoms with van der Waals surface area (Å²) < 4.78 is 30.7. The van der Waals surface area contributed by atoms with E-state index in [-0.39, 0.29) is 36.4 Å². The highest BCUT2D eigenvalue weighted by molar-refractivity contribution is 5.89. The standard InChI is InChI=1S/C28H28N4O9/c33-26(34)18-11-13-38-19(18)14-37-15-20-23-24(41-22(40-23)9-6-16-4-2-1-3-5-16)25(39-20)32-12-10-21(31-28(32)36)30-27(35)29-17-7-8-17/h1-6,9-13,17,20,22-25H,7-8,14-15H2,(H,33,34)(H2,29,30,31,35,36)/b9-6+/t20-,22+,23?,24?,25-/m1/s1. The molecular formula is C28H28N4O9. The number of urea groups is 1. The maximum atomic E-state index is 13.0. The lowest BCUT2D eigenvalue weighted by Crippen LogP contribution is -2.36. The minimum Gasteiger partial charge on any atom is -0.478 e. The van der Waals surface area contributed by atoms with E-state index in [0.717, 1.165) is 18.4 Å². The first-order valence-electron chi connectivity index (χ1n) is 13.2. The Morgan fingerprint density at radius 2 is 1.90 bits per heavy atom. The average Bonchev–Trinajstić information content (AvgIpc) is 3.33. The summed E-state index contributed by atoms with van der Waals surface area (Å²) in [5.74, 6) is -0.839. The molecule has 1 aromatic carbocycles. The number of carbonyl (C=O) groups excluding carboxylic acids is 1. The number of hydrogen-bond acceptors (Lipinski definition) is 9. The summed E-state index contributed by atoms with van der Waals surface area (Å²) in [6, 6.07) is 12.2. The number of furan rings is 1. The molecule has 3 N–H and O–H groups in total. The number of amides is 2. The van der Waals surface area contributed by atoms with Crippen molar-refractivity contribution in [2.75, 3.05) is 11.9 Å². The molecule has 2 amide bonds. The van der Waals surface area contributed by atoms with Crippen molar-refractivity contribution in [3.63, 3.8) is 0 Å². The van der Waals surface area contributed by atoms with Crippen molar-refractivity contribution in [1.82, 2.24) is 14.9 Å². The van der Waals surface area contributed by atoms with E-state index in [0.29, 0.717) is 0 Å². The molecule has 6 rings (SSSR count). The van der Waals surface area contributed by atoms with Crippen molar-refractivity contribution < 1.29 is 38.1 Å². The number of carbonyl (C=O) groups is 2. The third kappa shape index (κ3) is 6.23. The predicted molar refractivity (Wildman–Crippen MR) is 142 cm³/mol. The number of fused-ring (bicyclic) bond motifs is 1. The summed E-state index contributed by atoms with van der Waals surface area (Å²) >= 11 is 0. The Hall–Kier alpha value is -4.30. The highest BCUT2D eigenvalue weighted by atomic mass is 16.8. The molecule has 1 saturated carbocycles. The van der Waals surface area contributed by atoms with Gasteiger partial charge in [-0.05, 0) is 36.6 Å². The molecule has 3 fully saturated rings. The van der Waals surface area contributed by atoms with Crippen LogP contribution in [0.2, 0.25) is 0 Å². The number of nitrogens with zero attached hydrogens (tertiary/aromatic N) is 2. The summed E-state index contributed by atoms with van der Waals surface area (Å²) in [5.41, 5.74) is 0.330. The van der Waals surface area contributed by atoms with E-state index in [9.17, 15) is 19.5 Å². The Morgan fingerprint density at radius 3 is 2.66 bits per heavy atom. The van der Waals surface area contributed by atoms with E-state index in [1.807, 2.05) is 36.4 Å². The smallest absolute Gasteiger partial charge is 0.351 e. The monoisotopic (exact) mass is 564 g/mol. The Labute approximate surface area is 233 Å². The minimum atomic E-state index is -1.12. The van der Waals surface area contributed by atoms with Crippen molar-refractivity contribution in [1.29, 1.82) is 0 Å². The lowest BCUT2D eigenvalue weighted by molar-refractivity contribution is -0.141. The van der Waals surface area contributed by atoms with Gasteiger partial charge in [-0.25, -0.2) is 14.4 Å². The number of benzene rings is 1. The second-order valence-corrected chi connectivity index (χ2v) is 9.86. The van der Waals surface area contributed by atoms with Gasteiger partial charge < -0.3 is 33.8 Å². The number of anilines is 1. The number of carboxylic acids is 1. The highest BCUT2D eigenvalue weighted by Crippen LogP contribution is 2.39. The SMILES string of the molecule is O=C(Nc1ccn([C@@H]2O[C@H](COCc3occc3C(=O)O)C3O[C@H](/C=C/c4ccccc4)OC32)c(=O)n1)NC1CC1. The number of rotatable bonds is 10. The topological polar surface area (TPSA) is 163 Å². The number of aromatic nitrogens is 2. The van der Waals surface area contributed by atoms with Gasteiger partial charge in [0.1, 0.15) is 42.1 Å². The number of hydrogen-bond donors (Lipinski definition) is 3. The van der Waals surface area contributed by atoms with E-state index in [4.69, 9.17) is 23.4 Å². The van der Waals surface area contributed by atoms with Gasteiger partial charge in [-0.1, -0.05) is 36.4 Å². The molecule has 2 aliphatic heterocycles. The van der Waals surface area contributed by atoms with Gasteiger partial charge in [-0.15, -0.1) is 0 Å². The Morgan fingerprint density at radius 1 is 1.10 bits per heavy atom. The van der Waals surface area contributed by atoms with E-state index in [1.165, 1.54) is 29.2 Å². The first-order valence-corrected chi connectivity index (χ1v) is 13.2. The molecule has 2 aromatic heterocycles. The van der Waals surface area contributed by atoms with Gasteiger partial charge in [-0.2, -0.15) is 4.98 Å². The molecule has 0 bridgehead atoms. The third-order valence-electron chi connectivity index (χ3n) is 6.86. The van der Waals surface area contributed by atoms with E-state index >= 15 is 0 Å². The van der Waals surface area contributed by atoms with Gasteiger partial charge in [0.25, 0.3) is 0 Å². The molecule has 41 heavy (non-hydrogen) atoms. The number of nitrogens with one attached hydrogen (secondary N) is 2. The summed E-state index contributed by atoms with van der Waals surface area (Å²) in [4.78, 5) is 40.4. The van der Waals surface area contributed by atoms with E-state index in [1.54, 1.807) is 6.08 Å². The highest BCUT2D eigenvalue weighted by Gasteiger charge is 2.53. The van der Waals surface area contributed by atoms with E-state index in [2.05, 4.69) is 15.6 Å². The van der Waals surface area contributed by atoms with E-state index < -0.39 is 48.5 Å². The maximum Gasteiger partial charge on any atom is 0.351 e. The molecule has 13 heteroatoms. The van der Waals surface area contributed by atoms with Gasteiger partial charge in [0.2, 0.25) is 0 Å². The van der Waals surface area contributed by atoms with Gasteiger partial charge in [0.05, 0.1) is 12.9 Å². The minimum absolute atomic E-state index is 0.0109. The lowest BCUT2D eigenvalue weighted by atomic mass is 10.1. The number of carboxylic acid groups (broad SMARTS) is 1. The van der Waals surface area contributed by atoms with Crippen LogP contribution in [-0.4, -0.2) is 63.9 Å². The second kappa shape index (κ2) is 11.7. The maximum absolute atomic E-state index is 13.0. The van der Waals surface area contributed by atoms with Crippen LogP contribution in [0.5, 0.6) is 0 Å². The van der Waals surface area contributed by atoms with Crippen LogP contribution in [0.25, 0.3) is 6.08 Å². The van der Waals surface area contributed by atoms with Gasteiger partial charge in [-0.3, -0.25) is 9.88 Å². The van der Waals surface area contributed by atoms with Crippen molar-refractivity contribution in [3.8, 4) is 0 Å². The molecule has 2 unspecified atom stereocenters. The molecule has 3 aliphatic rings. The molecular weight excluding hydrogens is 536 g/mol. The van der Waals surface area contributed by atoms with Crippen molar-refractivity contribution in [2.45, 2.75) is 56.3 Å². The quantitative estimate of drug-likeness (QED) is 0.334. The third-order valence-corrected chi connectivity index (χ3v) is 6.86. The molecule has 3 aromatic rings. The van der Waals surface area contributed by atoms with Crippen LogP contribution < -0.4 is 16.3 Å². The summed E-state index contributed by atoms with van der Waals surface area (Å²) in [6.07, 6.45) is 4.74. The lowest BCUT2D eigenvalue weighted by Gasteiger charge is -2.20. The van der Waals surface area contributed by atoms with Crippen LogP contribution >= 0.6 is 0 Å². The van der Waals surface area contributed by atoms with Gasteiger partial charge in [0, 0.05) is 12.2 Å². The van der Waals surface area contributed by atoms with Crippen LogP contribution in [0.1, 0.15) is 40.8 Å². The Balaban J connectivity index is 1.17. The molecule has 214 valence electrons. The van der Waals surface area contributed by atoms with Crippen LogP contribution in [0.15, 0.2) is 70.2 Å². The average molecular weight is 565 g/mol. The molecule has 13 nitrogen and oxygen atoms in total. The van der Waals surface area contributed by atoms with Crippen LogP contribution in [0.3, 0.4) is 0 Å². The zero-order valence-corrected chi connectivity index (χ0v) is 21.8. The summed E-state index contributed by atoms with van der Waals surface area (Å²) in [6.45, 7) is -0.0847. The summed E-state index contributed by atoms with van der Waals surface area (Å²) in [7, 11) is 0. The molecule has 1 aliphatic carbocycles. The van der Waals surface area contributed by atoms with Crippen molar-refractivity contribution >= 4 is 23.9 Å². The molecule has 4 heterocycles. The number of aromatic carboxylic acids is 1. The summed E-state index contributed by atoms with van der Waals surface area (Å²) in [5, 5.41) is 14.6. The molecule has 0 radical (unpaired) electrons. The van der Waals surface area contributed by atoms with Gasteiger partial charge >= 0.3 is 17.7 Å². The zero-order valence-electron chi connectivity index (χ0n) is 21.8. The molecule has 2 saturated heterocycles. The first-order chi connectivity index (χ1) is 19.9. The molecule has 0 spiro atoms. The van der Waals surface area contributed by atoms with Crippen LogP contribution in [0, 0.1) is 0 Å². The fourth-order valence-corrected chi connectivity index (χ4v) is 4.71.